The van der Waals surface area contributed by atoms with Crippen LogP contribution in [-0.4, -0.2) is 16.8 Å². The Balaban J connectivity index is 0.000000220. The zero-order valence-corrected chi connectivity index (χ0v) is 16.9. The number of rotatable bonds is 2. The van der Waals surface area contributed by atoms with Crippen molar-refractivity contribution in [2.45, 2.75) is 9.79 Å². The van der Waals surface area contributed by atoms with Gasteiger partial charge in [0, 0.05) is 30.3 Å². The monoisotopic (exact) mass is 508 g/mol. The van der Waals surface area contributed by atoms with Crippen LogP contribution in [0.2, 0.25) is 0 Å². The Morgan fingerprint density at radius 2 is 0.818 bits per heavy atom. The lowest BCUT2D eigenvalue weighted by Crippen LogP contribution is -1.88. The van der Waals surface area contributed by atoms with Gasteiger partial charge >= 0.3 is 0 Å². The van der Waals surface area contributed by atoms with Gasteiger partial charge in [0.1, 0.15) is 0 Å². The maximum Gasteiger partial charge on any atom is 0.261 e. The molecule has 2 aromatic carbocycles. The second-order valence-corrected chi connectivity index (χ2v) is 10.7. The predicted molar refractivity (Wildman–Crippen MR) is 94.4 cm³/mol. The van der Waals surface area contributed by atoms with Crippen molar-refractivity contribution in [1.82, 2.24) is 0 Å². The van der Waals surface area contributed by atoms with Crippen molar-refractivity contribution in [3.63, 3.8) is 0 Å². The molecular formula is C12H8Br2Cl2O4S2. The van der Waals surface area contributed by atoms with E-state index in [2.05, 4.69) is 31.9 Å². The van der Waals surface area contributed by atoms with Crippen LogP contribution in [0.5, 0.6) is 0 Å². The summed E-state index contributed by atoms with van der Waals surface area (Å²) < 4.78 is 44.4. The lowest BCUT2D eigenvalue weighted by molar-refractivity contribution is 0.608. The van der Waals surface area contributed by atoms with Crippen LogP contribution in [0, 0.1) is 0 Å². The van der Waals surface area contributed by atoms with E-state index in [0.717, 1.165) is 8.95 Å². The van der Waals surface area contributed by atoms with E-state index in [1.807, 2.05) is 0 Å². The van der Waals surface area contributed by atoms with Crippen molar-refractivity contribution in [3.8, 4) is 0 Å². The Hall–Kier alpha value is -0.120. The highest BCUT2D eigenvalue weighted by Gasteiger charge is 2.08. The summed E-state index contributed by atoms with van der Waals surface area (Å²) in [6, 6.07) is 12.2. The molecule has 22 heavy (non-hydrogen) atoms. The molecular weight excluding hydrogens is 503 g/mol. The van der Waals surface area contributed by atoms with Crippen LogP contribution in [0.1, 0.15) is 0 Å². The van der Waals surface area contributed by atoms with Crippen molar-refractivity contribution >= 4 is 71.3 Å². The highest BCUT2D eigenvalue weighted by atomic mass is 79.9. The maximum atomic E-state index is 10.7. The van der Waals surface area contributed by atoms with Gasteiger partial charge in [-0.05, 0) is 48.5 Å². The lowest BCUT2D eigenvalue weighted by Gasteiger charge is -1.93. The molecule has 2 rings (SSSR count). The molecule has 0 aliphatic rings. The Kier molecular flexibility index (Phi) is 7.35. The smallest absolute Gasteiger partial charge is 0.207 e. The van der Waals surface area contributed by atoms with Crippen LogP contribution in [0.15, 0.2) is 67.3 Å². The highest BCUT2D eigenvalue weighted by Crippen LogP contribution is 2.18. The maximum absolute atomic E-state index is 10.7. The van der Waals surface area contributed by atoms with E-state index in [-0.39, 0.29) is 9.79 Å². The minimum absolute atomic E-state index is 0.113. The Morgan fingerprint density at radius 1 is 0.591 bits per heavy atom. The number of hydrogen-bond acceptors (Lipinski definition) is 4. The second-order valence-electron chi connectivity index (χ2n) is 3.78. The van der Waals surface area contributed by atoms with Crippen LogP contribution in [0.4, 0.5) is 0 Å². The molecule has 4 nitrogen and oxygen atoms in total. The van der Waals surface area contributed by atoms with Crippen molar-refractivity contribution in [3.05, 3.63) is 57.5 Å². The molecule has 0 amide bonds. The van der Waals surface area contributed by atoms with E-state index < -0.39 is 18.1 Å². The minimum Gasteiger partial charge on any atom is -0.207 e. The molecule has 0 aliphatic carbocycles. The zero-order chi connectivity index (χ0) is 17.0. The van der Waals surface area contributed by atoms with Gasteiger partial charge in [0.05, 0.1) is 9.79 Å². The lowest BCUT2D eigenvalue weighted by atomic mass is 10.4. The zero-order valence-electron chi connectivity index (χ0n) is 10.6. The summed E-state index contributed by atoms with van der Waals surface area (Å²) in [5.41, 5.74) is 0. The molecule has 0 saturated heterocycles. The first-order valence-electron chi connectivity index (χ1n) is 5.40. The minimum atomic E-state index is -3.57. The molecule has 0 fully saturated rings. The number of hydrogen-bond donors (Lipinski definition) is 0. The van der Waals surface area contributed by atoms with E-state index in [9.17, 15) is 16.8 Å². The predicted octanol–water partition coefficient (Wildman–Crippen LogP) is 4.75. The first-order chi connectivity index (χ1) is 10.00. The van der Waals surface area contributed by atoms with Gasteiger partial charge < -0.3 is 0 Å². The summed E-state index contributed by atoms with van der Waals surface area (Å²) in [6.45, 7) is 0. The van der Waals surface area contributed by atoms with Gasteiger partial charge in [0.25, 0.3) is 18.1 Å². The first kappa shape index (κ1) is 19.9. The van der Waals surface area contributed by atoms with Crippen LogP contribution in [0.3, 0.4) is 0 Å². The fourth-order valence-corrected chi connectivity index (χ4v) is 3.26. The Labute approximate surface area is 154 Å². The fraction of sp³-hybridized carbons (Fsp3) is 0. The van der Waals surface area contributed by atoms with Crippen molar-refractivity contribution in [2.75, 3.05) is 0 Å². The van der Waals surface area contributed by atoms with Gasteiger partial charge in [-0.2, -0.15) is 0 Å². The van der Waals surface area contributed by atoms with Crippen LogP contribution < -0.4 is 0 Å². The summed E-state index contributed by atoms with van der Waals surface area (Å²) in [7, 11) is 3.00. The van der Waals surface area contributed by atoms with Gasteiger partial charge in [-0.1, -0.05) is 31.9 Å². The summed E-state index contributed by atoms with van der Waals surface area (Å²) >= 11 is 6.35. The molecule has 0 aliphatic heterocycles. The number of halogens is 4. The van der Waals surface area contributed by atoms with Crippen molar-refractivity contribution in [2.24, 2.45) is 0 Å². The van der Waals surface area contributed by atoms with Crippen molar-refractivity contribution < 1.29 is 16.8 Å². The van der Waals surface area contributed by atoms with E-state index in [0.29, 0.717) is 0 Å². The van der Waals surface area contributed by atoms with Gasteiger partial charge in [-0.15, -0.1) is 0 Å². The molecule has 0 N–H and O–H groups in total. The van der Waals surface area contributed by atoms with Crippen LogP contribution >= 0.6 is 53.2 Å². The summed E-state index contributed by atoms with van der Waals surface area (Å²) in [5, 5.41) is 0. The molecule has 0 unspecified atom stereocenters. The second kappa shape index (κ2) is 8.12. The average molecular weight is 511 g/mol. The quantitative estimate of drug-likeness (QED) is 0.547. The van der Waals surface area contributed by atoms with E-state index >= 15 is 0 Å². The van der Waals surface area contributed by atoms with Gasteiger partial charge in [0.15, 0.2) is 0 Å². The summed E-state index contributed by atoms with van der Waals surface area (Å²) in [6.07, 6.45) is 0. The average Bonchev–Trinajstić information content (AvgIpc) is 2.38. The molecule has 10 heteroatoms. The number of benzene rings is 2. The van der Waals surface area contributed by atoms with E-state index in [1.165, 1.54) is 24.3 Å². The molecule has 0 atom stereocenters. The SMILES string of the molecule is O=S(=O)(Cl)c1ccc(Br)cc1.O=S(=O)(Cl)c1ccc(Br)cc1. The molecule has 0 heterocycles. The summed E-state index contributed by atoms with van der Waals surface area (Å²) in [4.78, 5) is 0.227. The molecule has 2 aromatic rings. The molecule has 120 valence electrons. The van der Waals surface area contributed by atoms with Gasteiger partial charge in [-0.25, -0.2) is 16.8 Å². The van der Waals surface area contributed by atoms with Crippen LogP contribution in [-0.2, 0) is 18.1 Å². The fourth-order valence-electron chi connectivity index (χ4n) is 1.19. The standard InChI is InChI=1S/2C6H4BrClO2S/c2*7-5-1-3-6(4-2-5)11(8,9)10/h2*1-4H. The van der Waals surface area contributed by atoms with Gasteiger partial charge in [-0.3, -0.25) is 0 Å². The van der Waals surface area contributed by atoms with Crippen LogP contribution in [0.25, 0.3) is 0 Å². The molecule has 0 spiro atoms. The Bertz CT molecular complexity index is 760. The third-order valence-corrected chi connectivity index (χ3v) is 5.99. The Morgan fingerprint density at radius 3 is 1.00 bits per heavy atom. The molecule has 0 radical (unpaired) electrons. The van der Waals surface area contributed by atoms with E-state index in [4.69, 9.17) is 21.4 Å². The van der Waals surface area contributed by atoms with Crippen molar-refractivity contribution in [1.29, 1.82) is 0 Å². The normalized spacial score (nSPS) is 11.5. The summed E-state index contributed by atoms with van der Waals surface area (Å²) in [5.74, 6) is 0. The third kappa shape index (κ3) is 6.97. The van der Waals surface area contributed by atoms with E-state index in [1.54, 1.807) is 24.3 Å². The molecule has 0 aromatic heterocycles. The molecule has 0 saturated carbocycles. The topological polar surface area (TPSA) is 68.3 Å². The highest BCUT2D eigenvalue weighted by molar-refractivity contribution is 9.10. The van der Waals surface area contributed by atoms with Gasteiger partial charge in [0.2, 0.25) is 0 Å². The molecule has 0 bridgehead atoms. The first-order valence-corrected chi connectivity index (χ1v) is 11.6. The largest absolute Gasteiger partial charge is 0.261 e. The third-order valence-electron chi connectivity index (χ3n) is 2.19.